The van der Waals surface area contributed by atoms with Crippen molar-refractivity contribution >= 4 is 17.5 Å². The first-order valence-corrected chi connectivity index (χ1v) is 6.63. The van der Waals surface area contributed by atoms with Crippen LogP contribution in [0.5, 0.6) is 0 Å². The first kappa shape index (κ1) is 13.8. The van der Waals surface area contributed by atoms with Crippen molar-refractivity contribution in [2.45, 2.75) is 44.5 Å². The van der Waals surface area contributed by atoms with E-state index in [0.717, 1.165) is 25.9 Å². The van der Waals surface area contributed by atoms with Gasteiger partial charge in [0.15, 0.2) is 0 Å². The maximum absolute atomic E-state index is 11.7. The molecule has 0 aromatic rings. The van der Waals surface area contributed by atoms with Crippen molar-refractivity contribution in [2.24, 2.45) is 0 Å². The minimum atomic E-state index is -0.404. The topological polar surface area (TPSA) is 23.6 Å². The number of hydrogen-bond donors (Lipinski definition) is 0. The number of carbonyl (C=O) groups excluding carboxylic acids is 1. The molecule has 1 saturated heterocycles. The molecule has 94 valence electrons. The smallest absolute Gasteiger partial charge is 0.240 e. The molecule has 0 N–H and O–H groups in total. The Morgan fingerprint density at radius 1 is 1.50 bits per heavy atom. The molecule has 1 heterocycles. The second-order valence-electron chi connectivity index (χ2n) is 4.64. The summed E-state index contributed by atoms with van der Waals surface area (Å²) in [6, 6.07) is 0.377. The molecule has 0 aromatic heterocycles. The zero-order valence-electron chi connectivity index (χ0n) is 10.6. The van der Waals surface area contributed by atoms with Gasteiger partial charge in [-0.1, -0.05) is 6.92 Å². The zero-order valence-corrected chi connectivity index (χ0v) is 11.3. The van der Waals surface area contributed by atoms with E-state index in [2.05, 4.69) is 11.8 Å². The molecule has 0 aromatic carbocycles. The molecule has 1 amide bonds. The predicted octanol–water partition coefficient (Wildman–Crippen LogP) is 1.95. The van der Waals surface area contributed by atoms with Gasteiger partial charge in [0.05, 0.1) is 0 Å². The Bertz CT molecular complexity index is 225. The van der Waals surface area contributed by atoms with Gasteiger partial charge in [0.2, 0.25) is 5.91 Å². The van der Waals surface area contributed by atoms with Crippen LogP contribution < -0.4 is 0 Å². The van der Waals surface area contributed by atoms with Crippen molar-refractivity contribution in [3.05, 3.63) is 0 Å². The third-order valence-electron chi connectivity index (χ3n) is 3.33. The second-order valence-corrected chi connectivity index (χ2v) is 5.29. The second kappa shape index (κ2) is 6.45. The predicted molar refractivity (Wildman–Crippen MR) is 67.8 cm³/mol. The average Bonchev–Trinajstić information content (AvgIpc) is 2.28. The summed E-state index contributed by atoms with van der Waals surface area (Å²) in [5.41, 5.74) is 0. The molecule has 0 spiro atoms. The molecule has 0 aliphatic carbocycles. The highest BCUT2D eigenvalue weighted by molar-refractivity contribution is 6.30. The summed E-state index contributed by atoms with van der Waals surface area (Å²) < 4.78 is 0. The van der Waals surface area contributed by atoms with Crippen LogP contribution in [-0.4, -0.2) is 53.8 Å². The molecule has 16 heavy (non-hydrogen) atoms. The van der Waals surface area contributed by atoms with Crippen LogP contribution in [0.2, 0.25) is 0 Å². The maximum atomic E-state index is 11.7. The fourth-order valence-electron chi connectivity index (χ4n) is 2.31. The third-order valence-corrected chi connectivity index (χ3v) is 3.52. The molecule has 1 atom stereocenters. The van der Waals surface area contributed by atoms with Gasteiger partial charge in [-0.3, -0.25) is 4.79 Å². The lowest BCUT2D eigenvalue weighted by Crippen LogP contribution is -2.47. The van der Waals surface area contributed by atoms with E-state index >= 15 is 0 Å². The Labute approximate surface area is 104 Å². The highest BCUT2D eigenvalue weighted by Gasteiger charge is 2.26. The van der Waals surface area contributed by atoms with E-state index < -0.39 is 5.38 Å². The lowest BCUT2D eigenvalue weighted by Gasteiger charge is -2.37. The van der Waals surface area contributed by atoms with E-state index in [1.807, 2.05) is 11.9 Å². The van der Waals surface area contributed by atoms with Crippen LogP contribution in [0.25, 0.3) is 0 Å². The van der Waals surface area contributed by atoms with Crippen LogP contribution in [0.15, 0.2) is 0 Å². The number of alkyl halides is 1. The van der Waals surface area contributed by atoms with Crippen LogP contribution in [0, 0.1) is 0 Å². The molecule has 0 bridgehead atoms. The van der Waals surface area contributed by atoms with Gasteiger partial charge in [-0.25, -0.2) is 0 Å². The molecule has 4 heteroatoms. The summed E-state index contributed by atoms with van der Waals surface area (Å²) >= 11 is 5.82. The lowest BCUT2D eigenvalue weighted by molar-refractivity contribution is -0.132. The van der Waals surface area contributed by atoms with E-state index in [9.17, 15) is 4.79 Å². The van der Waals surface area contributed by atoms with Gasteiger partial charge in [0.1, 0.15) is 5.38 Å². The molecule has 0 saturated carbocycles. The fraction of sp³-hybridized carbons (Fsp3) is 0.917. The van der Waals surface area contributed by atoms with Gasteiger partial charge in [-0.2, -0.15) is 0 Å². The molecule has 1 rings (SSSR count). The maximum Gasteiger partial charge on any atom is 0.240 e. The Hall–Kier alpha value is -0.280. The molecule has 0 radical (unpaired) electrons. The first-order valence-electron chi connectivity index (χ1n) is 6.19. The number of amides is 1. The number of nitrogens with zero attached hydrogens (tertiary/aromatic N) is 2. The highest BCUT2D eigenvalue weighted by Crippen LogP contribution is 2.17. The Kier molecular flexibility index (Phi) is 5.56. The normalized spacial score (nSPS) is 20.8. The van der Waals surface area contributed by atoms with Crippen molar-refractivity contribution in [3.8, 4) is 0 Å². The number of hydrogen-bond acceptors (Lipinski definition) is 2. The summed E-state index contributed by atoms with van der Waals surface area (Å²) in [5.74, 6) is 0.0515. The van der Waals surface area contributed by atoms with Crippen molar-refractivity contribution < 1.29 is 4.79 Å². The first-order chi connectivity index (χ1) is 7.56. The van der Waals surface area contributed by atoms with Crippen molar-refractivity contribution in [1.29, 1.82) is 0 Å². The third kappa shape index (κ3) is 3.63. The number of halogens is 1. The van der Waals surface area contributed by atoms with Gasteiger partial charge in [0, 0.05) is 26.2 Å². The van der Waals surface area contributed by atoms with Gasteiger partial charge in [-0.05, 0) is 32.7 Å². The molecule has 1 aliphatic rings. The quantitative estimate of drug-likeness (QED) is 0.708. The van der Waals surface area contributed by atoms with Crippen molar-refractivity contribution in [2.75, 3.05) is 26.7 Å². The molecule has 1 fully saturated rings. The molecular formula is C12H23ClN2O. The number of rotatable bonds is 4. The van der Waals surface area contributed by atoms with Crippen LogP contribution in [-0.2, 0) is 4.79 Å². The molecule has 1 aliphatic heterocycles. The minimum Gasteiger partial charge on any atom is -0.341 e. The molecule has 1 unspecified atom stereocenters. The Balaban J connectivity index is 2.38. The van der Waals surface area contributed by atoms with E-state index in [1.165, 1.54) is 13.0 Å². The highest BCUT2D eigenvalue weighted by atomic mass is 35.5. The van der Waals surface area contributed by atoms with Gasteiger partial charge in [-0.15, -0.1) is 11.6 Å². The Morgan fingerprint density at radius 2 is 2.06 bits per heavy atom. The van der Waals surface area contributed by atoms with Crippen LogP contribution in [0.3, 0.4) is 0 Å². The standard InChI is InChI=1S/C12H23ClN2O/c1-4-7-15-8-5-11(6-9-15)14(3)12(16)10(2)13/h10-11H,4-9H2,1-3H3. The van der Waals surface area contributed by atoms with Crippen molar-refractivity contribution in [3.63, 3.8) is 0 Å². The zero-order chi connectivity index (χ0) is 12.1. The number of likely N-dealkylation sites (tertiary alicyclic amines) is 1. The molecular weight excluding hydrogens is 224 g/mol. The SMILES string of the molecule is CCCN1CCC(N(C)C(=O)C(C)Cl)CC1. The van der Waals surface area contributed by atoms with Crippen LogP contribution in [0.4, 0.5) is 0 Å². The summed E-state index contributed by atoms with van der Waals surface area (Å²) in [7, 11) is 1.88. The Morgan fingerprint density at radius 3 is 2.50 bits per heavy atom. The van der Waals surface area contributed by atoms with Gasteiger partial charge in [0.25, 0.3) is 0 Å². The van der Waals surface area contributed by atoms with E-state index in [0.29, 0.717) is 6.04 Å². The molecule has 3 nitrogen and oxygen atoms in total. The largest absolute Gasteiger partial charge is 0.341 e. The van der Waals surface area contributed by atoms with Crippen molar-refractivity contribution in [1.82, 2.24) is 9.80 Å². The summed E-state index contributed by atoms with van der Waals surface area (Å²) in [4.78, 5) is 16.0. The monoisotopic (exact) mass is 246 g/mol. The fourth-order valence-corrected chi connectivity index (χ4v) is 2.46. The van der Waals surface area contributed by atoms with Crippen LogP contribution in [0.1, 0.15) is 33.1 Å². The average molecular weight is 247 g/mol. The van der Waals surface area contributed by atoms with E-state index in [-0.39, 0.29) is 5.91 Å². The number of carbonyl (C=O) groups is 1. The van der Waals surface area contributed by atoms with Gasteiger partial charge >= 0.3 is 0 Å². The minimum absolute atomic E-state index is 0.0515. The lowest BCUT2D eigenvalue weighted by atomic mass is 10.0. The summed E-state index contributed by atoms with van der Waals surface area (Å²) in [6.45, 7) is 7.33. The summed E-state index contributed by atoms with van der Waals surface area (Å²) in [5, 5.41) is -0.404. The summed E-state index contributed by atoms with van der Waals surface area (Å²) in [6.07, 6.45) is 3.36. The van der Waals surface area contributed by atoms with E-state index in [1.54, 1.807) is 6.92 Å². The van der Waals surface area contributed by atoms with Crippen LogP contribution >= 0.6 is 11.6 Å². The van der Waals surface area contributed by atoms with E-state index in [4.69, 9.17) is 11.6 Å². The van der Waals surface area contributed by atoms with Gasteiger partial charge < -0.3 is 9.80 Å². The number of piperidine rings is 1.